The Morgan fingerprint density at radius 3 is 3.08 bits per heavy atom. The fourth-order valence-electron chi connectivity index (χ4n) is 0.897. The fourth-order valence-corrected chi connectivity index (χ4v) is 1.67. The highest BCUT2D eigenvalue weighted by Crippen LogP contribution is 2.18. The number of hydrogen-bond donors (Lipinski definition) is 1. The normalized spacial score (nSPS) is 12.5. The van der Waals surface area contributed by atoms with Crippen molar-refractivity contribution >= 4 is 17.8 Å². The van der Waals surface area contributed by atoms with Crippen LogP contribution in [0, 0.1) is 6.92 Å². The molecule has 1 aromatic heterocycles. The largest absolute Gasteiger partial charge is 0.466 e. The average Bonchev–Trinajstić information content (AvgIpc) is 2.47. The summed E-state index contributed by atoms with van der Waals surface area (Å²) in [5.41, 5.74) is 6.74. The highest BCUT2D eigenvalue weighted by Gasteiger charge is 2.07. The summed E-state index contributed by atoms with van der Waals surface area (Å²) in [6.07, 6.45) is 0. The standard InChI is InChI=1S/C8H11NO2S/c1-6-2-7(4-12-6)8(9)3-11-5-10/h2,4-5,8H,3,9H2,1H3. The van der Waals surface area contributed by atoms with Gasteiger partial charge in [-0.25, -0.2) is 0 Å². The molecule has 66 valence electrons. The van der Waals surface area contributed by atoms with Crippen molar-refractivity contribution in [2.45, 2.75) is 13.0 Å². The molecule has 0 aliphatic heterocycles. The van der Waals surface area contributed by atoms with Crippen LogP contribution in [0.5, 0.6) is 0 Å². The van der Waals surface area contributed by atoms with Gasteiger partial charge in [0.05, 0.1) is 6.04 Å². The summed E-state index contributed by atoms with van der Waals surface area (Å²) in [6, 6.07) is 1.81. The number of aryl methyl sites for hydroxylation is 1. The first-order valence-corrected chi connectivity index (χ1v) is 4.48. The highest BCUT2D eigenvalue weighted by molar-refractivity contribution is 7.10. The first-order chi connectivity index (χ1) is 5.74. The second-order valence-corrected chi connectivity index (χ2v) is 3.64. The quantitative estimate of drug-likeness (QED) is 0.718. The molecule has 0 spiro atoms. The van der Waals surface area contributed by atoms with Crippen molar-refractivity contribution in [2.24, 2.45) is 5.73 Å². The van der Waals surface area contributed by atoms with E-state index < -0.39 is 0 Å². The summed E-state index contributed by atoms with van der Waals surface area (Å²) in [4.78, 5) is 11.1. The lowest BCUT2D eigenvalue weighted by molar-refractivity contribution is -0.129. The molecule has 1 heterocycles. The van der Waals surface area contributed by atoms with Crippen LogP contribution >= 0.6 is 11.3 Å². The Balaban J connectivity index is 2.52. The minimum atomic E-state index is -0.194. The zero-order valence-corrected chi connectivity index (χ0v) is 7.64. The molecular weight excluding hydrogens is 174 g/mol. The van der Waals surface area contributed by atoms with Crippen molar-refractivity contribution in [3.63, 3.8) is 0 Å². The van der Waals surface area contributed by atoms with Crippen LogP contribution in [0.4, 0.5) is 0 Å². The van der Waals surface area contributed by atoms with Gasteiger partial charge < -0.3 is 10.5 Å². The summed E-state index contributed by atoms with van der Waals surface area (Å²) in [7, 11) is 0. The predicted molar refractivity (Wildman–Crippen MR) is 48.0 cm³/mol. The molecule has 0 bridgehead atoms. The molecule has 0 fully saturated rings. The second kappa shape index (κ2) is 4.23. The molecule has 0 radical (unpaired) electrons. The van der Waals surface area contributed by atoms with Gasteiger partial charge in [0.25, 0.3) is 6.47 Å². The number of carbonyl (C=O) groups is 1. The smallest absolute Gasteiger partial charge is 0.293 e. The van der Waals surface area contributed by atoms with E-state index >= 15 is 0 Å². The molecule has 3 nitrogen and oxygen atoms in total. The lowest BCUT2D eigenvalue weighted by atomic mass is 10.2. The van der Waals surface area contributed by atoms with Crippen molar-refractivity contribution in [1.29, 1.82) is 0 Å². The first kappa shape index (κ1) is 9.22. The van der Waals surface area contributed by atoms with Crippen LogP contribution in [0.3, 0.4) is 0 Å². The van der Waals surface area contributed by atoms with Crippen molar-refractivity contribution in [2.75, 3.05) is 6.61 Å². The van der Waals surface area contributed by atoms with Gasteiger partial charge in [-0.2, -0.15) is 0 Å². The zero-order chi connectivity index (χ0) is 8.97. The number of ether oxygens (including phenoxy) is 1. The van der Waals surface area contributed by atoms with E-state index in [0.29, 0.717) is 6.47 Å². The SMILES string of the molecule is Cc1cc(C(N)COC=O)cs1. The summed E-state index contributed by atoms with van der Waals surface area (Å²) in [5, 5.41) is 1.98. The van der Waals surface area contributed by atoms with Crippen molar-refractivity contribution in [3.8, 4) is 0 Å². The Morgan fingerprint density at radius 1 is 1.83 bits per heavy atom. The molecule has 2 N–H and O–H groups in total. The summed E-state index contributed by atoms with van der Waals surface area (Å²) >= 11 is 1.64. The molecule has 4 heteroatoms. The van der Waals surface area contributed by atoms with Crippen molar-refractivity contribution < 1.29 is 9.53 Å². The number of nitrogens with two attached hydrogens (primary N) is 1. The first-order valence-electron chi connectivity index (χ1n) is 3.60. The average molecular weight is 185 g/mol. The minimum Gasteiger partial charge on any atom is -0.466 e. The molecule has 12 heavy (non-hydrogen) atoms. The van der Waals surface area contributed by atoms with Crippen LogP contribution < -0.4 is 5.73 Å². The van der Waals surface area contributed by atoms with Crippen molar-refractivity contribution in [1.82, 2.24) is 0 Å². The highest BCUT2D eigenvalue weighted by atomic mass is 32.1. The number of rotatable bonds is 4. The monoisotopic (exact) mass is 185 g/mol. The molecule has 0 aliphatic rings. The third kappa shape index (κ3) is 2.32. The Bertz CT molecular complexity index is 259. The molecule has 0 amide bonds. The summed E-state index contributed by atoms with van der Waals surface area (Å²) in [6.45, 7) is 2.68. The van der Waals surface area contributed by atoms with E-state index in [1.165, 1.54) is 4.88 Å². The van der Waals surface area contributed by atoms with Crippen LogP contribution in [0.25, 0.3) is 0 Å². The van der Waals surface area contributed by atoms with E-state index in [4.69, 9.17) is 5.73 Å². The van der Waals surface area contributed by atoms with E-state index in [0.717, 1.165) is 5.56 Å². The molecule has 1 atom stereocenters. The summed E-state index contributed by atoms with van der Waals surface area (Å²) < 4.78 is 4.56. The Morgan fingerprint density at radius 2 is 2.58 bits per heavy atom. The van der Waals surface area contributed by atoms with Crippen LogP contribution in [0.1, 0.15) is 16.5 Å². The molecular formula is C8H11NO2S. The Kier molecular flexibility index (Phi) is 3.25. The molecule has 0 aromatic carbocycles. The van der Waals surface area contributed by atoms with Crippen LogP contribution in [-0.2, 0) is 9.53 Å². The Hall–Kier alpha value is -0.870. The van der Waals surface area contributed by atoms with Gasteiger partial charge in [-0.05, 0) is 23.9 Å². The van der Waals surface area contributed by atoms with E-state index in [1.807, 2.05) is 18.4 Å². The maximum atomic E-state index is 9.87. The lowest BCUT2D eigenvalue weighted by Gasteiger charge is -2.06. The van der Waals surface area contributed by atoms with E-state index in [2.05, 4.69) is 4.74 Å². The molecule has 0 saturated carbocycles. The van der Waals surface area contributed by atoms with Gasteiger partial charge in [0.15, 0.2) is 0 Å². The zero-order valence-electron chi connectivity index (χ0n) is 6.82. The van der Waals surface area contributed by atoms with E-state index in [-0.39, 0.29) is 12.6 Å². The van der Waals surface area contributed by atoms with Gasteiger partial charge in [0, 0.05) is 4.88 Å². The fraction of sp³-hybridized carbons (Fsp3) is 0.375. The molecule has 1 unspecified atom stereocenters. The van der Waals surface area contributed by atoms with Gasteiger partial charge in [0.2, 0.25) is 0 Å². The predicted octanol–water partition coefficient (Wildman–Crippen LogP) is 1.23. The van der Waals surface area contributed by atoms with E-state index in [1.54, 1.807) is 11.3 Å². The van der Waals surface area contributed by atoms with Crippen LogP contribution in [-0.4, -0.2) is 13.1 Å². The third-order valence-corrected chi connectivity index (χ3v) is 2.40. The number of hydrogen-bond acceptors (Lipinski definition) is 4. The molecule has 1 aromatic rings. The second-order valence-electron chi connectivity index (χ2n) is 2.53. The third-order valence-electron chi connectivity index (χ3n) is 1.52. The maximum Gasteiger partial charge on any atom is 0.293 e. The maximum absolute atomic E-state index is 9.87. The van der Waals surface area contributed by atoms with Gasteiger partial charge >= 0.3 is 0 Å². The van der Waals surface area contributed by atoms with Gasteiger partial charge in [-0.1, -0.05) is 0 Å². The lowest BCUT2D eigenvalue weighted by Crippen LogP contribution is -2.15. The number of thiophene rings is 1. The van der Waals surface area contributed by atoms with Crippen molar-refractivity contribution in [3.05, 3.63) is 21.9 Å². The minimum absolute atomic E-state index is 0.194. The molecule has 1 rings (SSSR count). The van der Waals surface area contributed by atoms with Gasteiger partial charge in [-0.15, -0.1) is 11.3 Å². The summed E-state index contributed by atoms with van der Waals surface area (Å²) in [5.74, 6) is 0. The van der Waals surface area contributed by atoms with Crippen LogP contribution in [0.15, 0.2) is 11.4 Å². The van der Waals surface area contributed by atoms with Gasteiger partial charge in [-0.3, -0.25) is 4.79 Å². The van der Waals surface area contributed by atoms with Crippen LogP contribution in [0.2, 0.25) is 0 Å². The van der Waals surface area contributed by atoms with Gasteiger partial charge in [0.1, 0.15) is 6.61 Å². The molecule has 0 saturated heterocycles. The molecule has 0 aliphatic carbocycles. The topological polar surface area (TPSA) is 52.3 Å². The number of carbonyl (C=O) groups excluding carboxylic acids is 1. The van der Waals surface area contributed by atoms with E-state index in [9.17, 15) is 4.79 Å². The Labute approximate surface area is 75.1 Å².